The van der Waals surface area contributed by atoms with Crippen molar-refractivity contribution in [1.82, 2.24) is 0 Å². The molecule has 0 fully saturated rings. The molecule has 0 N–H and O–H groups in total. The van der Waals surface area contributed by atoms with Crippen LogP contribution in [-0.4, -0.2) is 4.92 Å². The third-order valence-corrected chi connectivity index (χ3v) is 4.56. The maximum Gasteiger partial charge on any atom is 0.315 e. The van der Waals surface area contributed by atoms with Gasteiger partial charge in [-0.05, 0) is 38.0 Å². The zero-order valence-electron chi connectivity index (χ0n) is 12.1. The summed E-state index contributed by atoms with van der Waals surface area (Å²) in [7, 11) is 0. The zero-order valence-corrected chi connectivity index (χ0v) is 14.5. The maximum absolute atomic E-state index is 11.1. The van der Waals surface area contributed by atoms with Crippen molar-refractivity contribution in [1.29, 1.82) is 0 Å². The molecule has 0 bridgehead atoms. The van der Waals surface area contributed by atoms with Gasteiger partial charge in [-0.25, -0.2) is 0 Å². The molecule has 0 heterocycles. The van der Waals surface area contributed by atoms with Gasteiger partial charge in [-0.3, -0.25) is 10.1 Å². The van der Waals surface area contributed by atoms with Crippen molar-refractivity contribution in [3.8, 4) is 5.75 Å². The Balaban J connectivity index is 2.35. The van der Waals surface area contributed by atoms with Crippen LogP contribution in [0.4, 0.5) is 5.69 Å². The van der Waals surface area contributed by atoms with Crippen LogP contribution in [-0.2, 0) is 0 Å². The molecule has 0 saturated heterocycles. The normalized spacial score (nSPS) is 10.6. The first kappa shape index (κ1) is 16.9. The van der Waals surface area contributed by atoms with E-state index in [4.69, 9.17) is 27.4 Å². The van der Waals surface area contributed by atoms with Crippen LogP contribution in [0.25, 0.3) is 0 Å². The summed E-state index contributed by atoms with van der Waals surface area (Å²) in [6, 6.07) is 6.69. The minimum absolute atomic E-state index is 0.000409. The van der Waals surface area contributed by atoms with Crippen LogP contribution in [0.3, 0.4) is 0 Å². The first-order valence-electron chi connectivity index (χ1n) is 6.35. The van der Waals surface area contributed by atoms with Crippen LogP contribution in [0.1, 0.15) is 16.7 Å². The summed E-state index contributed by atoms with van der Waals surface area (Å²) < 4.78 is 5.56. The van der Waals surface area contributed by atoms with Crippen molar-refractivity contribution in [3.05, 3.63) is 61.1 Å². The Bertz CT molecular complexity index is 727. The van der Waals surface area contributed by atoms with E-state index in [9.17, 15) is 10.1 Å². The summed E-state index contributed by atoms with van der Waals surface area (Å²) >= 11 is 12.9. The lowest BCUT2D eigenvalue weighted by molar-refractivity contribution is -0.385. The summed E-state index contributed by atoms with van der Waals surface area (Å²) in [6.45, 7) is 5.93. The summed E-state index contributed by atoms with van der Waals surface area (Å²) in [5, 5.41) is 11.4. The molecular formula is C15H13Cl2NO3S. The Morgan fingerprint density at radius 1 is 1.09 bits per heavy atom. The van der Waals surface area contributed by atoms with Gasteiger partial charge in [-0.2, -0.15) is 0 Å². The fraction of sp³-hybridized carbons (Fsp3) is 0.200. The molecule has 0 spiro atoms. The minimum atomic E-state index is -0.567. The van der Waals surface area contributed by atoms with Gasteiger partial charge in [0.2, 0.25) is 5.75 Å². The van der Waals surface area contributed by atoms with Crippen LogP contribution >= 0.6 is 35.2 Å². The van der Waals surface area contributed by atoms with Crippen molar-refractivity contribution >= 4 is 40.9 Å². The molecule has 2 aromatic rings. The molecule has 4 nitrogen and oxygen atoms in total. The van der Waals surface area contributed by atoms with Gasteiger partial charge in [-0.1, -0.05) is 40.9 Å². The van der Waals surface area contributed by atoms with E-state index in [1.165, 1.54) is 12.1 Å². The van der Waals surface area contributed by atoms with Gasteiger partial charge in [0, 0.05) is 11.1 Å². The average Bonchev–Trinajstić information content (AvgIpc) is 2.38. The number of hydrogen-bond acceptors (Lipinski definition) is 4. The Morgan fingerprint density at radius 3 is 2.23 bits per heavy atom. The smallest absolute Gasteiger partial charge is 0.315 e. The molecule has 22 heavy (non-hydrogen) atoms. The van der Waals surface area contributed by atoms with Crippen LogP contribution in [0, 0.1) is 30.9 Å². The number of nitro benzene ring substituents is 1. The second kappa shape index (κ2) is 6.77. The third kappa shape index (κ3) is 3.66. The molecule has 0 aliphatic heterocycles. The maximum atomic E-state index is 11.1. The first-order chi connectivity index (χ1) is 10.3. The summed E-state index contributed by atoms with van der Waals surface area (Å²) in [6.07, 6.45) is 0. The Labute approximate surface area is 142 Å². The Kier molecular flexibility index (Phi) is 5.21. The highest BCUT2D eigenvalue weighted by molar-refractivity contribution is 7.95. The van der Waals surface area contributed by atoms with E-state index in [0.29, 0.717) is 0 Å². The van der Waals surface area contributed by atoms with E-state index in [1.54, 1.807) is 0 Å². The molecule has 0 radical (unpaired) electrons. The second-order valence-electron chi connectivity index (χ2n) is 4.89. The van der Waals surface area contributed by atoms with Crippen molar-refractivity contribution in [2.45, 2.75) is 25.7 Å². The van der Waals surface area contributed by atoms with E-state index in [0.717, 1.165) is 33.6 Å². The Morgan fingerprint density at radius 2 is 1.68 bits per heavy atom. The molecule has 116 valence electrons. The second-order valence-corrected chi connectivity index (χ2v) is 6.47. The predicted molar refractivity (Wildman–Crippen MR) is 90.3 cm³/mol. The molecule has 7 heteroatoms. The third-order valence-electron chi connectivity index (χ3n) is 3.00. The van der Waals surface area contributed by atoms with Crippen molar-refractivity contribution < 1.29 is 9.11 Å². The largest absolute Gasteiger partial charge is 0.412 e. The van der Waals surface area contributed by atoms with Gasteiger partial charge >= 0.3 is 5.69 Å². The summed E-state index contributed by atoms with van der Waals surface area (Å²) in [5.74, 6) is 0.000409. The lowest BCUT2D eigenvalue weighted by Gasteiger charge is -2.12. The van der Waals surface area contributed by atoms with Gasteiger partial charge in [0.1, 0.15) is 0 Å². The fourth-order valence-corrected chi connectivity index (χ4v) is 3.44. The van der Waals surface area contributed by atoms with E-state index >= 15 is 0 Å². The topological polar surface area (TPSA) is 52.4 Å². The lowest BCUT2D eigenvalue weighted by atomic mass is 10.1. The lowest BCUT2D eigenvalue weighted by Crippen LogP contribution is -1.95. The van der Waals surface area contributed by atoms with Gasteiger partial charge < -0.3 is 4.18 Å². The number of aryl methyl sites for hydroxylation is 3. The van der Waals surface area contributed by atoms with Gasteiger partial charge in [0.25, 0.3) is 0 Å². The molecule has 0 amide bonds. The predicted octanol–water partition coefficient (Wildman–Crippen LogP) is 5.91. The van der Waals surface area contributed by atoms with Crippen LogP contribution in [0.5, 0.6) is 5.75 Å². The monoisotopic (exact) mass is 357 g/mol. The highest BCUT2D eigenvalue weighted by atomic mass is 35.5. The van der Waals surface area contributed by atoms with Crippen LogP contribution in [0.15, 0.2) is 29.2 Å². The zero-order chi connectivity index (χ0) is 16.4. The van der Waals surface area contributed by atoms with E-state index in [1.807, 2.05) is 32.9 Å². The average molecular weight is 358 g/mol. The number of benzene rings is 2. The van der Waals surface area contributed by atoms with Gasteiger partial charge in [-0.15, -0.1) is 0 Å². The van der Waals surface area contributed by atoms with Crippen LogP contribution < -0.4 is 4.18 Å². The van der Waals surface area contributed by atoms with Crippen molar-refractivity contribution in [2.75, 3.05) is 0 Å². The van der Waals surface area contributed by atoms with Crippen molar-refractivity contribution in [2.24, 2.45) is 0 Å². The Hall–Kier alpha value is -1.43. The number of rotatable bonds is 4. The molecule has 0 aliphatic carbocycles. The van der Waals surface area contributed by atoms with Gasteiger partial charge in [0.15, 0.2) is 0 Å². The minimum Gasteiger partial charge on any atom is -0.412 e. The van der Waals surface area contributed by atoms with Gasteiger partial charge in [0.05, 0.1) is 26.9 Å². The van der Waals surface area contributed by atoms with Crippen molar-refractivity contribution in [3.63, 3.8) is 0 Å². The van der Waals surface area contributed by atoms with E-state index < -0.39 is 4.92 Å². The van der Waals surface area contributed by atoms with E-state index in [-0.39, 0.29) is 21.5 Å². The first-order valence-corrected chi connectivity index (χ1v) is 7.85. The number of halogens is 2. The SMILES string of the molecule is Cc1cc(C)c(SOc2c(Cl)cc(Cl)cc2[N+](=O)[O-])c(C)c1. The van der Waals surface area contributed by atoms with Crippen LogP contribution in [0.2, 0.25) is 10.0 Å². The summed E-state index contributed by atoms with van der Waals surface area (Å²) in [5.41, 5.74) is 2.97. The number of nitro groups is 1. The molecule has 0 saturated carbocycles. The molecule has 0 atom stereocenters. The highest BCUT2D eigenvalue weighted by Crippen LogP contribution is 2.41. The quantitative estimate of drug-likeness (QED) is 0.387. The fourth-order valence-electron chi connectivity index (χ4n) is 2.15. The number of nitrogens with zero attached hydrogens (tertiary/aromatic N) is 1. The number of hydrogen-bond donors (Lipinski definition) is 0. The molecule has 2 aromatic carbocycles. The molecule has 0 aromatic heterocycles. The molecular weight excluding hydrogens is 345 g/mol. The molecule has 2 rings (SSSR count). The highest BCUT2D eigenvalue weighted by Gasteiger charge is 2.21. The molecule has 0 aliphatic rings. The van der Waals surface area contributed by atoms with E-state index in [2.05, 4.69) is 0 Å². The standard InChI is InChI=1S/C15H13Cl2NO3S/c1-8-4-9(2)15(10(3)5-8)22-21-14-12(17)6-11(16)7-13(14)18(19)20/h4-7H,1-3H3. The summed E-state index contributed by atoms with van der Waals surface area (Å²) in [4.78, 5) is 11.5. The molecule has 0 unspecified atom stereocenters.